The summed E-state index contributed by atoms with van der Waals surface area (Å²) in [5.74, 6) is -0.443. The molecule has 1 heterocycles. The van der Waals surface area contributed by atoms with Crippen LogP contribution in [0.15, 0.2) is 70.5 Å². The van der Waals surface area contributed by atoms with Gasteiger partial charge >= 0.3 is 0 Å². The molecule has 0 aromatic heterocycles. The average molecular weight is 356 g/mol. The number of phenolic OH excluding ortho intramolecular Hbond substituents is 1. The van der Waals surface area contributed by atoms with Gasteiger partial charge in [-0.15, -0.1) is 23.5 Å². The second-order valence-corrected chi connectivity index (χ2v) is 7.85. The normalized spacial score (nSPS) is 13.2. The summed E-state index contributed by atoms with van der Waals surface area (Å²) in [6.07, 6.45) is 0. The van der Waals surface area contributed by atoms with Crippen molar-refractivity contribution in [3.05, 3.63) is 66.2 Å². The minimum atomic E-state index is -0.833. The summed E-state index contributed by atoms with van der Waals surface area (Å²) < 4.78 is 0.221. The van der Waals surface area contributed by atoms with E-state index in [0.29, 0.717) is 5.75 Å². The molecule has 0 bridgehead atoms. The van der Waals surface area contributed by atoms with Crippen LogP contribution in [0.25, 0.3) is 10.8 Å². The monoisotopic (exact) mass is 356 g/mol. The molecule has 3 aromatic rings. The van der Waals surface area contributed by atoms with Gasteiger partial charge in [0.15, 0.2) is 0 Å². The Morgan fingerprint density at radius 2 is 1.46 bits per heavy atom. The highest BCUT2D eigenvalue weighted by atomic mass is 32.2. The van der Waals surface area contributed by atoms with Gasteiger partial charge in [0.25, 0.3) is 5.97 Å². The predicted molar refractivity (Wildman–Crippen MR) is 99.8 cm³/mol. The number of fused-ring (bicyclic) bond motifs is 2. The molecule has 5 heteroatoms. The molecule has 0 saturated heterocycles. The molecule has 122 valence electrons. The van der Waals surface area contributed by atoms with Crippen LogP contribution >= 0.6 is 23.5 Å². The SMILES string of the molecule is CC(=O)O.Oc1ccc2ccccc2c1C1Sc2ccccc2S1. The van der Waals surface area contributed by atoms with Crippen LogP contribution in [0.2, 0.25) is 0 Å². The van der Waals surface area contributed by atoms with Gasteiger partial charge in [-0.05, 0) is 29.0 Å². The van der Waals surface area contributed by atoms with Gasteiger partial charge in [0.1, 0.15) is 5.75 Å². The van der Waals surface area contributed by atoms with E-state index in [1.807, 2.05) is 47.8 Å². The Kier molecular flexibility index (Phi) is 5.02. The second kappa shape index (κ2) is 7.20. The van der Waals surface area contributed by atoms with E-state index in [0.717, 1.165) is 17.9 Å². The molecule has 24 heavy (non-hydrogen) atoms. The highest BCUT2D eigenvalue weighted by molar-refractivity contribution is 8.19. The van der Waals surface area contributed by atoms with Crippen molar-refractivity contribution >= 4 is 40.3 Å². The third kappa shape index (κ3) is 3.52. The number of aliphatic carboxylic acids is 1. The zero-order chi connectivity index (χ0) is 17.1. The van der Waals surface area contributed by atoms with E-state index in [-0.39, 0.29) is 4.58 Å². The summed E-state index contributed by atoms with van der Waals surface area (Å²) in [5.41, 5.74) is 1.04. The smallest absolute Gasteiger partial charge is 0.300 e. The molecule has 0 unspecified atom stereocenters. The van der Waals surface area contributed by atoms with Crippen molar-refractivity contribution in [2.24, 2.45) is 0 Å². The van der Waals surface area contributed by atoms with Crippen molar-refractivity contribution in [1.29, 1.82) is 0 Å². The van der Waals surface area contributed by atoms with Gasteiger partial charge in [0, 0.05) is 22.3 Å². The first-order valence-electron chi connectivity index (χ1n) is 7.39. The number of hydrogen-bond donors (Lipinski definition) is 2. The molecule has 0 atom stereocenters. The number of rotatable bonds is 1. The van der Waals surface area contributed by atoms with Crippen LogP contribution in [-0.2, 0) is 4.79 Å². The van der Waals surface area contributed by atoms with Crippen LogP contribution in [0, 0.1) is 0 Å². The third-order valence-corrected chi connectivity index (χ3v) is 6.33. The number of carbonyl (C=O) groups is 1. The first kappa shape index (κ1) is 16.7. The van der Waals surface area contributed by atoms with Crippen LogP contribution in [0.1, 0.15) is 17.1 Å². The van der Waals surface area contributed by atoms with Crippen LogP contribution in [0.3, 0.4) is 0 Å². The molecule has 0 fully saturated rings. The Balaban J connectivity index is 0.000000383. The molecule has 0 amide bonds. The number of carboxylic acids is 1. The fourth-order valence-electron chi connectivity index (χ4n) is 2.55. The minimum Gasteiger partial charge on any atom is -0.508 e. The van der Waals surface area contributed by atoms with E-state index in [1.54, 1.807) is 0 Å². The van der Waals surface area contributed by atoms with Crippen molar-refractivity contribution in [1.82, 2.24) is 0 Å². The van der Waals surface area contributed by atoms with E-state index < -0.39 is 5.97 Å². The van der Waals surface area contributed by atoms with Crippen molar-refractivity contribution in [2.45, 2.75) is 21.3 Å². The van der Waals surface area contributed by atoms with Gasteiger partial charge in [-0.1, -0.05) is 42.5 Å². The maximum Gasteiger partial charge on any atom is 0.300 e. The number of thioether (sulfide) groups is 2. The van der Waals surface area contributed by atoms with Crippen molar-refractivity contribution < 1.29 is 15.0 Å². The molecular formula is C19H16O3S2. The fourth-order valence-corrected chi connectivity index (χ4v) is 5.53. The van der Waals surface area contributed by atoms with Gasteiger partial charge in [-0.3, -0.25) is 4.79 Å². The van der Waals surface area contributed by atoms with Gasteiger partial charge in [-0.25, -0.2) is 0 Å². The van der Waals surface area contributed by atoms with E-state index >= 15 is 0 Å². The molecule has 0 radical (unpaired) electrons. The zero-order valence-electron chi connectivity index (χ0n) is 13.0. The minimum absolute atomic E-state index is 0.221. The quantitative estimate of drug-likeness (QED) is 0.600. The molecule has 0 aliphatic carbocycles. The van der Waals surface area contributed by atoms with Crippen LogP contribution in [0.5, 0.6) is 5.75 Å². The van der Waals surface area contributed by atoms with Crippen LogP contribution in [-0.4, -0.2) is 16.2 Å². The van der Waals surface area contributed by atoms with E-state index in [9.17, 15) is 5.11 Å². The summed E-state index contributed by atoms with van der Waals surface area (Å²) >= 11 is 3.64. The van der Waals surface area contributed by atoms with Crippen molar-refractivity contribution in [3.63, 3.8) is 0 Å². The predicted octanol–water partition coefficient (Wildman–Crippen LogP) is 5.53. The standard InChI is InChI=1S/C17H12OS2.C2H4O2/c18-13-10-9-11-5-1-2-6-12(11)16(13)17-19-14-7-3-4-8-15(14)20-17;1-2(3)4/h1-10,17-18H;1H3,(H,3,4). The first-order chi connectivity index (χ1) is 11.6. The molecule has 0 saturated carbocycles. The largest absolute Gasteiger partial charge is 0.508 e. The molecule has 1 aliphatic rings. The summed E-state index contributed by atoms with van der Waals surface area (Å²) in [7, 11) is 0. The number of benzene rings is 3. The topological polar surface area (TPSA) is 57.5 Å². The lowest BCUT2D eigenvalue weighted by molar-refractivity contribution is -0.134. The lowest BCUT2D eigenvalue weighted by atomic mass is 10.0. The van der Waals surface area contributed by atoms with Gasteiger partial charge < -0.3 is 10.2 Å². The molecule has 0 spiro atoms. The third-order valence-electron chi connectivity index (χ3n) is 3.50. The Hall–Kier alpha value is -2.11. The molecule has 4 rings (SSSR count). The van der Waals surface area contributed by atoms with Gasteiger partial charge in [0.05, 0.1) is 4.58 Å². The van der Waals surface area contributed by atoms with Crippen LogP contribution in [0.4, 0.5) is 0 Å². The van der Waals surface area contributed by atoms with Crippen molar-refractivity contribution in [3.8, 4) is 5.75 Å². The number of aromatic hydroxyl groups is 1. The second-order valence-electron chi connectivity index (χ2n) is 5.25. The zero-order valence-corrected chi connectivity index (χ0v) is 14.6. The Bertz CT molecular complexity index is 864. The number of hydrogen-bond acceptors (Lipinski definition) is 4. The highest BCUT2D eigenvalue weighted by Crippen LogP contribution is 2.59. The van der Waals surface area contributed by atoms with E-state index in [1.165, 1.54) is 15.2 Å². The fraction of sp³-hybridized carbons (Fsp3) is 0.105. The summed E-state index contributed by atoms with van der Waals surface area (Å²) in [5, 5.41) is 20.1. The first-order valence-corrected chi connectivity index (χ1v) is 9.14. The van der Waals surface area contributed by atoms with Crippen LogP contribution < -0.4 is 0 Å². The average Bonchev–Trinajstić information content (AvgIpc) is 2.97. The highest BCUT2D eigenvalue weighted by Gasteiger charge is 2.27. The molecule has 2 N–H and O–H groups in total. The Labute approximate surface area is 148 Å². The summed E-state index contributed by atoms with van der Waals surface area (Å²) in [6, 6.07) is 20.5. The number of phenols is 1. The van der Waals surface area contributed by atoms with E-state index in [2.05, 4.69) is 36.4 Å². The maximum atomic E-state index is 10.3. The van der Waals surface area contributed by atoms with Crippen molar-refractivity contribution in [2.75, 3.05) is 0 Å². The van der Waals surface area contributed by atoms with Gasteiger partial charge in [-0.2, -0.15) is 0 Å². The maximum absolute atomic E-state index is 10.3. The molecule has 3 nitrogen and oxygen atoms in total. The molecule has 3 aromatic carbocycles. The summed E-state index contributed by atoms with van der Waals surface area (Å²) in [6.45, 7) is 1.08. The van der Waals surface area contributed by atoms with Gasteiger partial charge in [0.2, 0.25) is 0 Å². The summed E-state index contributed by atoms with van der Waals surface area (Å²) in [4.78, 5) is 11.6. The Morgan fingerprint density at radius 3 is 2.08 bits per heavy atom. The molecular weight excluding hydrogens is 340 g/mol. The Morgan fingerprint density at radius 1 is 0.917 bits per heavy atom. The lowest BCUT2D eigenvalue weighted by Gasteiger charge is -2.14. The van der Waals surface area contributed by atoms with E-state index in [4.69, 9.17) is 9.90 Å². The molecule has 1 aliphatic heterocycles. The number of carboxylic acid groups (broad SMARTS) is 1. The lowest BCUT2D eigenvalue weighted by Crippen LogP contribution is -1.89.